The van der Waals surface area contributed by atoms with Crippen LogP contribution in [0.5, 0.6) is 0 Å². The van der Waals surface area contributed by atoms with Crippen LogP contribution in [0.3, 0.4) is 0 Å². The van der Waals surface area contributed by atoms with E-state index in [2.05, 4.69) is 33.1 Å². The number of aromatic nitrogens is 2. The number of hydrogen-bond acceptors (Lipinski definition) is 4. The van der Waals surface area contributed by atoms with Gasteiger partial charge in [0, 0.05) is 23.1 Å². The standard InChI is InChI=1S/C20H23N3O2S/c1-20(2,3)26(24,25)19-9-8-14(12-21-19)23-11-10-16-15-6-4-5-7-17(15)22-18(16)13-23/h4-9,12,22H,10-11,13H2,1-3H3. The molecular weight excluding hydrogens is 346 g/mol. The van der Waals surface area contributed by atoms with Gasteiger partial charge in [-0.05, 0) is 51.0 Å². The van der Waals surface area contributed by atoms with Gasteiger partial charge >= 0.3 is 0 Å². The highest BCUT2D eigenvalue weighted by Crippen LogP contribution is 2.30. The van der Waals surface area contributed by atoms with Crippen LogP contribution in [0.1, 0.15) is 32.0 Å². The molecule has 0 amide bonds. The SMILES string of the molecule is CC(C)(C)S(=O)(=O)c1ccc(N2CCc3c([nH]c4ccccc34)C2)cn1. The number of aromatic amines is 1. The first kappa shape index (κ1) is 17.1. The van der Waals surface area contributed by atoms with Gasteiger partial charge in [-0.2, -0.15) is 0 Å². The number of benzene rings is 1. The molecule has 0 spiro atoms. The van der Waals surface area contributed by atoms with E-state index < -0.39 is 14.6 Å². The maximum absolute atomic E-state index is 12.5. The van der Waals surface area contributed by atoms with Crippen LogP contribution in [0.15, 0.2) is 47.6 Å². The number of H-pyrrole nitrogens is 1. The Labute approximate surface area is 154 Å². The summed E-state index contributed by atoms with van der Waals surface area (Å²) in [7, 11) is -3.43. The number of sulfone groups is 1. The van der Waals surface area contributed by atoms with E-state index in [4.69, 9.17) is 0 Å². The van der Waals surface area contributed by atoms with Gasteiger partial charge in [0.15, 0.2) is 14.9 Å². The lowest BCUT2D eigenvalue weighted by Crippen LogP contribution is -2.31. The summed E-state index contributed by atoms with van der Waals surface area (Å²) in [5.41, 5.74) is 4.73. The Morgan fingerprint density at radius 2 is 1.88 bits per heavy atom. The third kappa shape index (κ3) is 2.69. The van der Waals surface area contributed by atoms with Crippen LogP contribution >= 0.6 is 0 Å². The number of fused-ring (bicyclic) bond motifs is 3. The van der Waals surface area contributed by atoms with Crippen molar-refractivity contribution in [2.75, 3.05) is 11.4 Å². The molecule has 5 nitrogen and oxygen atoms in total. The lowest BCUT2D eigenvalue weighted by atomic mass is 10.0. The molecule has 0 unspecified atom stereocenters. The number of nitrogens with one attached hydrogen (secondary N) is 1. The number of nitrogens with zero attached hydrogens (tertiary/aromatic N) is 2. The van der Waals surface area contributed by atoms with E-state index in [-0.39, 0.29) is 5.03 Å². The Morgan fingerprint density at radius 3 is 2.58 bits per heavy atom. The molecule has 4 rings (SSSR count). The zero-order chi connectivity index (χ0) is 18.5. The average molecular weight is 369 g/mol. The zero-order valence-electron chi connectivity index (χ0n) is 15.3. The summed E-state index contributed by atoms with van der Waals surface area (Å²) in [4.78, 5) is 10.00. The number of rotatable bonds is 2. The minimum atomic E-state index is -3.43. The van der Waals surface area contributed by atoms with Crippen LogP contribution in [0.4, 0.5) is 5.69 Å². The van der Waals surface area contributed by atoms with Gasteiger partial charge in [-0.3, -0.25) is 0 Å². The van der Waals surface area contributed by atoms with Gasteiger partial charge in [-0.25, -0.2) is 13.4 Å². The smallest absolute Gasteiger partial charge is 0.200 e. The molecule has 3 aromatic rings. The molecule has 0 saturated carbocycles. The van der Waals surface area contributed by atoms with Crippen LogP contribution in [0, 0.1) is 0 Å². The van der Waals surface area contributed by atoms with Gasteiger partial charge in [-0.1, -0.05) is 18.2 Å². The van der Waals surface area contributed by atoms with Crippen LogP contribution in [-0.2, 0) is 22.8 Å². The predicted octanol–water partition coefficient (Wildman–Crippen LogP) is 3.70. The first-order valence-corrected chi connectivity index (χ1v) is 10.3. The molecule has 0 aliphatic carbocycles. The van der Waals surface area contributed by atoms with E-state index in [1.54, 1.807) is 33.0 Å². The first-order chi connectivity index (χ1) is 12.3. The van der Waals surface area contributed by atoms with E-state index in [0.29, 0.717) is 0 Å². The van der Waals surface area contributed by atoms with Crippen molar-refractivity contribution in [1.29, 1.82) is 0 Å². The molecule has 6 heteroatoms. The average Bonchev–Trinajstić information content (AvgIpc) is 2.98. The fourth-order valence-corrected chi connectivity index (χ4v) is 4.51. The first-order valence-electron chi connectivity index (χ1n) is 8.81. The molecule has 0 saturated heterocycles. The molecule has 0 fully saturated rings. The van der Waals surface area contributed by atoms with Crippen molar-refractivity contribution in [2.45, 2.75) is 43.5 Å². The van der Waals surface area contributed by atoms with Gasteiger partial charge in [-0.15, -0.1) is 0 Å². The molecule has 1 aliphatic rings. The molecule has 0 bridgehead atoms. The van der Waals surface area contributed by atoms with Crippen LogP contribution in [0.2, 0.25) is 0 Å². The fraction of sp³-hybridized carbons (Fsp3) is 0.350. The summed E-state index contributed by atoms with van der Waals surface area (Å²) < 4.78 is 24.2. The summed E-state index contributed by atoms with van der Waals surface area (Å²) in [6.07, 6.45) is 2.63. The van der Waals surface area contributed by atoms with Crippen molar-refractivity contribution < 1.29 is 8.42 Å². The summed E-state index contributed by atoms with van der Waals surface area (Å²) in [6.45, 7) is 6.75. The fourth-order valence-electron chi connectivity index (χ4n) is 3.45. The van der Waals surface area contributed by atoms with Crippen molar-refractivity contribution >= 4 is 26.4 Å². The second kappa shape index (κ2) is 5.84. The highest BCUT2D eigenvalue weighted by molar-refractivity contribution is 7.92. The van der Waals surface area contributed by atoms with E-state index in [0.717, 1.165) is 25.2 Å². The van der Waals surface area contributed by atoms with Gasteiger partial charge in [0.2, 0.25) is 0 Å². The lowest BCUT2D eigenvalue weighted by molar-refractivity contribution is 0.556. The third-order valence-electron chi connectivity index (χ3n) is 5.05. The highest BCUT2D eigenvalue weighted by atomic mass is 32.2. The monoisotopic (exact) mass is 369 g/mol. The molecule has 1 aliphatic heterocycles. The number of pyridine rings is 1. The van der Waals surface area contributed by atoms with E-state index in [1.807, 2.05) is 12.1 Å². The van der Waals surface area contributed by atoms with Crippen molar-refractivity contribution in [3.8, 4) is 0 Å². The maximum Gasteiger partial charge on any atom is 0.200 e. The summed E-state index contributed by atoms with van der Waals surface area (Å²) in [5, 5.41) is 1.43. The van der Waals surface area contributed by atoms with Crippen molar-refractivity contribution in [3.05, 3.63) is 53.9 Å². The molecule has 136 valence electrons. The van der Waals surface area contributed by atoms with Crippen LogP contribution in [0.25, 0.3) is 10.9 Å². The molecular formula is C20H23N3O2S. The van der Waals surface area contributed by atoms with Gasteiger partial charge < -0.3 is 9.88 Å². The van der Waals surface area contributed by atoms with E-state index in [1.165, 1.54) is 22.2 Å². The minimum Gasteiger partial charge on any atom is -0.364 e. The second-order valence-electron chi connectivity index (χ2n) is 7.77. The molecule has 0 radical (unpaired) electrons. The third-order valence-corrected chi connectivity index (χ3v) is 7.45. The van der Waals surface area contributed by atoms with Gasteiger partial charge in [0.1, 0.15) is 0 Å². The normalized spacial score (nSPS) is 15.3. The molecule has 1 N–H and O–H groups in total. The van der Waals surface area contributed by atoms with Crippen molar-refractivity contribution in [3.63, 3.8) is 0 Å². The van der Waals surface area contributed by atoms with E-state index >= 15 is 0 Å². The highest BCUT2D eigenvalue weighted by Gasteiger charge is 2.32. The molecule has 1 aromatic carbocycles. The molecule has 3 heterocycles. The summed E-state index contributed by atoms with van der Waals surface area (Å²) in [6, 6.07) is 11.9. The lowest BCUT2D eigenvalue weighted by Gasteiger charge is -2.29. The summed E-state index contributed by atoms with van der Waals surface area (Å²) >= 11 is 0. The Balaban J connectivity index is 1.62. The van der Waals surface area contributed by atoms with Gasteiger partial charge in [0.25, 0.3) is 0 Å². The van der Waals surface area contributed by atoms with Crippen molar-refractivity contribution in [1.82, 2.24) is 9.97 Å². The van der Waals surface area contributed by atoms with Gasteiger partial charge in [0.05, 0.1) is 23.2 Å². The molecule has 26 heavy (non-hydrogen) atoms. The van der Waals surface area contributed by atoms with E-state index in [9.17, 15) is 8.42 Å². The van der Waals surface area contributed by atoms with Crippen LogP contribution in [-0.4, -0.2) is 29.7 Å². The minimum absolute atomic E-state index is 0.136. The van der Waals surface area contributed by atoms with Crippen LogP contribution < -0.4 is 4.90 Å². The summed E-state index contributed by atoms with van der Waals surface area (Å²) in [5.74, 6) is 0. The Kier molecular flexibility index (Phi) is 3.84. The predicted molar refractivity (Wildman–Crippen MR) is 104 cm³/mol. The Morgan fingerprint density at radius 1 is 1.12 bits per heavy atom. The Hall–Kier alpha value is -2.34. The molecule has 2 aromatic heterocycles. The number of anilines is 1. The molecule has 0 atom stereocenters. The Bertz CT molecular complexity index is 1060. The quantitative estimate of drug-likeness (QED) is 0.748. The zero-order valence-corrected chi connectivity index (χ0v) is 16.1. The number of para-hydroxylation sites is 1. The van der Waals surface area contributed by atoms with Crippen molar-refractivity contribution in [2.24, 2.45) is 0 Å². The topological polar surface area (TPSA) is 66.1 Å². The second-order valence-corrected chi connectivity index (χ2v) is 10.4. The number of hydrogen-bond donors (Lipinski definition) is 1. The largest absolute Gasteiger partial charge is 0.364 e. The maximum atomic E-state index is 12.5.